The van der Waals surface area contributed by atoms with Crippen molar-refractivity contribution in [1.29, 1.82) is 0 Å². The molecule has 0 bridgehead atoms. The summed E-state index contributed by atoms with van der Waals surface area (Å²) in [6.45, 7) is 8.30. The third kappa shape index (κ3) is 3.05. The molecule has 0 spiro atoms. The molecule has 1 heterocycles. The van der Waals surface area contributed by atoms with Gasteiger partial charge < -0.3 is 10.1 Å². The van der Waals surface area contributed by atoms with Crippen molar-refractivity contribution >= 4 is 5.95 Å². The average Bonchev–Trinajstić information content (AvgIpc) is 2.14. The lowest BCUT2D eigenvalue weighted by atomic mass is 10.3. The maximum absolute atomic E-state index is 5.03. The van der Waals surface area contributed by atoms with E-state index < -0.39 is 0 Å². The highest BCUT2D eigenvalue weighted by Gasteiger charge is 2.00. The van der Waals surface area contributed by atoms with Crippen molar-refractivity contribution in [2.24, 2.45) is 0 Å². The van der Waals surface area contributed by atoms with Crippen molar-refractivity contribution in [2.45, 2.75) is 13.8 Å². The van der Waals surface area contributed by atoms with Crippen molar-refractivity contribution in [3.8, 4) is 5.88 Å². The summed E-state index contributed by atoms with van der Waals surface area (Å²) in [6, 6.07) is 1.78. The molecule has 0 saturated heterocycles. The Bertz CT molecular complexity index is 336. The van der Waals surface area contributed by atoms with Gasteiger partial charge in [0.25, 0.3) is 0 Å². The second-order valence-electron chi connectivity index (χ2n) is 3.19. The van der Waals surface area contributed by atoms with Crippen LogP contribution in [0.1, 0.15) is 12.6 Å². The lowest BCUT2D eigenvalue weighted by Crippen LogP contribution is -2.07. The zero-order valence-corrected chi connectivity index (χ0v) is 8.79. The van der Waals surface area contributed by atoms with Crippen LogP contribution >= 0.6 is 0 Å². The number of methoxy groups -OCH3 is 1. The van der Waals surface area contributed by atoms with Crippen LogP contribution in [0.3, 0.4) is 0 Å². The quantitative estimate of drug-likeness (QED) is 0.740. The molecule has 4 nitrogen and oxygen atoms in total. The summed E-state index contributed by atoms with van der Waals surface area (Å²) in [4.78, 5) is 8.35. The second-order valence-corrected chi connectivity index (χ2v) is 3.19. The maximum Gasteiger partial charge on any atom is 0.226 e. The molecule has 1 aromatic rings. The number of rotatable bonds is 4. The molecule has 0 unspecified atom stereocenters. The first-order chi connectivity index (χ1) is 6.61. The van der Waals surface area contributed by atoms with Gasteiger partial charge in [-0.05, 0) is 13.8 Å². The molecule has 0 aliphatic rings. The van der Waals surface area contributed by atoms with Gasteiger partial charge in [0.2, 0.25) is 11.8 Å². The number of aromatic nitrogens is 2. The van der Waals surface area contributed by atoms with Crippen molar-refractivity contribution in [3.63, 3.8) is 0 Å². The summed E-state index contributed by atoms with van der Waals surface area (Å²) in [5.41, 5.74) is 1.91. The van der Waals surface area contributed by atoms with Crippen LogP contribution < -0.4 is 10.1 Å². The van der Waals surface area contributed by atoms with E-state index in [4.69, 9.17) is 4.74 Å². The van der Waals surface area contributed by atoms with Crippen LogP contribution in [0.25, 0.3) is 0 Å². The molecular formula is C10H15N3O. The molecule has 4 heteroatoms. The SMILES string of the molecule is C=C(C)CNc1nc(C)cc(OC)n1. The fraction of sp³-hybridized carbons (Fsp3) is 0.400. The summed E-state index contributed by atoms with van der Waals surface area (Å²) < 4.78 is 5.03. The third-order valence-corrected chi connectivity index (χ3v) is 1.59. The third-order valence-electron chi connectivity index (χ3n) is 1.59. The van der Waals surface area contributed by atoms with Gasteiger partial charge in [-0.15, -0.1) is 0 Å². The predicted octanol–water partition coefficient (Wildman–Crippen LogP) is 1.78. The van der Waals surface area contributed by atoms with E-state index in [2.05, 4.69) is 21.9 Å². The average molecular weight is 193 g/mol. The fourth-order valence-electron chi connectivity index (χ4n) is 0.953. The zero-order chi connectivity index (χ0) is 10.6. The Hall–Kier alpha value is -1.58. The Labute approximate surface area is 84.0 Å². The molecule has 0 aromatic carbocycles. The van der Waals surface area contributed by atoms with Gasteiger partial charge in [-0.3, -0.25) is 0 Å². The van der Waals surface area contributed by atoms with Gasteiger partial charge in [-0.2, -0.15) is 4.98 Å². The number of aryl methyl sites for hydroxylation is 1. The molecule has 0 radical (unpaired) electrons. The molecule has 0 aliphatic carbocycles. The number of nitrogens with one attached hydrogen (secondary N) is 1. The summed E-state index contributed by atoms with van der Waals surface area (Å²) in [6.07, 6.45) is 0. The van der Waals surface area contributed by atoms with Crippen LogP contribution in [0, 0.1) is 6.92 Å². The Morgan fingerprint density at radius 2 is 2.29 bits per heavy atom. The van der Waals surface area contributed by atoms with E-state index >= 15 is 0 Å². The molecule has 76 valence electrons. The molecule has 0 saturated carbocycles. The molecular weight excluding hydrogens is 178 g/mol. The van der Waals surface area contributed by atoms with Gasteiger partial charge in [0.05, 0.1) is 7.11 Å². The smallest absolute Gasteiger partial charge is 0.226 e. The minimum absolute atomic E-state index is 0.571. The normalized spacial score (nSPS) is 9.64. The Kier molecular flexibility index (Phi) is 3.45. The van der Waals surface area contributed by atoms with E-state index in [1.54, 1.807) is 13.2 Å². The first-order valence-corrected chi connectivity index (χ1v) is 4.39. The van der Waals surface area contributed by atoms with Crippen LogP contribution in [0.15, 0.2) is 18.2 Å². The second kappa shape index (κ2) is 4.60. The van der Waals surface area contributed by atoms with Crippen molar-refractivity contribution in [1.82, 2.24) is 9.97 Å². The maximum atomic E-state index is 5.03. The number of anilines is 1. The van der Waals surface area contributed by atoms with E-state index in [0.717, 1.165) is 11.3 Å². The van der Waals surface area contributed by atoms with Gasteiger partial charge in [-0.1, -0.05) is 12.2 Å². The highest BCUT2D eigenvalue weighted by Crippen LogP contribution is 2.11. The molecule has 0 amide bonds. The first kappa shape index (κ1) is 10.5. The van der Waals surface area contributed by atoms with Crippen molar-refractivity contribution in [3.05, 3.63) is 23.9 Å². The first-order valence-electron chi connectivity index (χ1n) is 4.39. The topological polar surface area (TPSA) is 47.0 Å². The van der Waals surface area contributed by atoms with Gasteiger partial charge in [0, 0.05) is 18.3 Å². The van der Waals surface area contributed by atoms with E-state index in [1.807, 2.05) is 13.8 Å². The van der Waals surface area contributed by atoms with E-state index in [1.165, 1.54) is 0 Å². The molecule has 0 aliphatic heterocycles. The predicted molar refractivity (Wildman–Crippen MR) is 56.6 cm³/mol. The van der Waals surface area contributed by atoms with Crippen LogP contribution in [-0.2, 0) is 0 Å². The standard InChI is InChI=1S/C10H15N3O/c1-7(2)6-11-10-12-8(3)5-9(13-10)14-4/h5H,1,6H2,2-4H3,(H,11,12,13). The number of hydrogen-bond donors (Lipinski definition) is 1. The Morgan fingerprint density at radius 3 is 2.86 bits per heavy atom. The minimum atomic E-state index is 0.571. The van der Waals surface area contributed by atoms with E-state index in [0.29, 0.717) is 18.4 Å². The molecule has 1 N–H and O–H groups in total. The van der Waals surface area contributed by atoms with Crippen LogP contribution in [0.5, 0.6) is 5.88 Å². The molecule has 1 aromatic heterocycles. The highest BCUT2D eigenvalue weighted by atomic mass is 16.5. The Balaban J connectivity index is 2.76. The number of hydrogen-bond acceptors (Lipinski definition) is 4. The molecule has 1 rings (SSSR count). The fourth-order valence-corrected chi connectivity index (χ4v) is 0.953. The van der Waals surface area contributed by atoms with E-state index in [9.17, 15) is 0 Å². The van der Waals surface area contributed by atoms with Crippen LogP contribution in [-0.4, -0.2) is 23.6 Å². The van der Waals surface area contributed by atoms with Gasteiger partial charge in [0.15, 0.2) is 0 Å². The minimum Gasteiger partial charge on any atom is -0.481 e. The lowest BCUT2D eigenvalue weighted by Gasteiger charge is -2.06. The monoisotopic (exact) mass is 193 g/mol. The van der Waals surface area contributed by atoms with Crippen LogP contribution in [0.2, 0.25) is 0 Å². The number of nitrogens with zero attached hydrogens (tertiary/aromatic N) is 2. The van der Waals surface area contributed by atoms with Gasteiger partial charge in [-0.25, -0.2) is 4.98 Å². The largest absolute Gasteiger partial charge is 0.481 e. The van der Waals surface area contributed by atoms with Gasteiger partial charge in [0.1, 0.15) is 0 Å². The summed E-state index contributed by atoms with van der Waals surface area (Å²) in [5.74, 6) is 1.14. The summed E-state index contributed by atoms with van der Waals surface area (Å²) >= 11 is 0. The number of ether oxygens (including phenoxy) is 1. The Morgan fingerprint density at radius 1 is 1.57 bits per heavy atom. The lowest BCUT2D eigenvalue weighted by molar-refractivity contribution is 0.397. The highest BCUT2D eigenvalue weighted by molar-refractivity contribution is 5.31. The summed E-state index contributed by atoms with van der Waals surface area (Å²) in [5, 5.41) is 3.06. The van der Waals surface area contributed by atoms with Gasteiger partial charge >= 0.3 is 0 Å². The van der Waals surface area contributed by atoms with Crippen molar-refractivity contribution in [2.75, 3.05) is 19.0 Å². The zero-order valence-electron chi connectivity index (χ0n) is 8.79. The summed E-state index contributed by atoms with van der Waals surface area (Å²) in [7, 11) is 1.59. The van der Waals surface area contributed by atoms with Crippen molar-refractivity contribution < 1.29 is 4.74 Å². The molecule has 0 fully saturated rings. The molecule has 0 atom stereocenters. The van der Waals surface area contributed by atoms with Crippen LogP contribution in [0.4, 0.5) is 5.95 Å². The van der Waals surface area contributed by atoms with E-state index in [-0.39, 0.29) is 0 Å². The molecule has 14 heavy (non-hydrogen) atoms.